The van der Waals surface area contributed by atoms with Gasteiger partial charge in [0, 0.05) is 17.1 Å². The maximum Gasteiger partial charge on any atom is 0.257 e. The van der Waals surface area contributed by atoms with Gasteiger partial charge in [-0.1, -0.05) is 13.8 Å². The fourth-order valence-electron chi connectivity index (χ4n) is 1.32. The van der Waals surface area contributed by atoms with E-state index in [0.29, 0.717) is 21.2 Å². The van der Waals surface area contributed by atoms with Crippen LogP contribution in [0.2, 0.25) is 0 Å². The molecule has 1 amide bonds. The number of carbonyl (C=O) groups is 1. The number of hydrogen-bond acceptors (Lipinski definition) is 4. The molecular formula is C12H12BrN3OS. The number of nitrogens with zero attached hydrogens (tertiary/aromatic N) is 2. The van der Waals surface area contributed by atoms with Crippen LogP contribution < -0.4 is 5.32 Å². The molecule has 0 radical (unpaired) electrons. The van der Waals surface area contributed by atoms with Crippen LogP contribution in [0.15, 0.2) is 28.3 Å². The lowest BCUT2D eigenvalue weighted by Crippen LogP contribution is -2.11. The topological polar surface area (TPSA) is 54.9 Å². The largest absolute Gasteiger partial charge is 0.298 e. The van der Waals surface area contributed by atoms with Crippen LogP contribution in [0.1, 0.15) is 35.8 Å². The summed E-state index contributed by atoms with van der Waals surface area (Å²) < 4.78 is 0.636. The van der Waals surface area contributed by atoms with E-state index in [0.717, 1.165) is 5.69 Å². The van der Waals surface area contributed by atoms with E-state index >= 15 is 0 Å². The lowest BCUT2D eigenvalue weighted by Gasteiger charge is -2.02. The Morgan fingerprint density at radius 3 is 2.89 bits per heavy atom. The van der Waals surface area contributed by atoms with Crippen molar-refractivity contribution in [2.75, 3.05) is 5.32 Å². The van der Waals surface area contributed by atoms with Gasteiger partial charge in [0.2, 0.25) is 0 Å². The van der Waals surface area contributed by atoms with Crippen molar-refractivity contribution in [3.05, 3.63) is 39.6 Å². The summed E-state index contributed by atoms with van der Waals surface area (Å²) in [6.07, 6.45) is 1.58. The predicted molar refractivity (Wildman–Crippen MR) is 76.1 cm³/mol. The molecule has 0 aliphatic carbocycles. The molecule has 2 rings (SSSR count). The molecule has 0 spiro atoms. The zero-order valence-electron chi connectivity index (χ0n) is 9.98. The summed E-state index contributed by atoms with van der Waals surface area (Å²) in [5.41, 5.74) is 1.55. The van der Waals surface area contributed by atoms with Gasteiger partial charge in [-0.05, 0) is 34.0 Å². The van der Waals surface area contributed by atoms with Crippen molar-refractivity contribution in [2.45, 2.75) is 19.8 Å². The number of nitrogens with one attached hydrogen (secondary N) is 1. The van der Waals surface area contributed by atoms with E-state index in [-0.39, 0.29) is 5.91 Å². The monoisotopic (exact) mass is 325 g/mol. The van der Waals surface area contributed by atoms with E-state index in [2.05, 4.69) is 45.1 Å². The molecule has 0 fully saturated rings. The molecule has 0 atom stereocenters. The summed E-state index contributed by atoms with van der Waals surface area (Å²) in [4.78, 5) is 20.3. The van der Waals surface area contributed by atoms with Crippen LogP contribution in [-0.2, 0) is 0 Å². The second-order valence-corrected chi connectivity index (χ2v) is 5.72. The quantitative estimate of drug-likeness (QED) is 0.876. The minimum atomic E-state index is -0.178. The SMILES string of the molecule is CC(C)c1csc(NC(=O)c2ccnc(Br)c2)n1. The number of halogens is 1. The van der Waals surface area contributed by atoms with Crippen molar-refractivity contribution < 1.29 is 4.79 Å². The Balaban J connectivity index is 2.11. The average molecular weight is 326 g/mol. The first-order valence-corrected chi connectivity index (χ1v) is 7.12. The van der Waals surface area contributed by atoms with Crippen LogP contribution in [0, 0.1) is 0 Å². The van der Waals surface area contributed by atoms with Crippen molar-refractivity contribution >= 4 is 38.3 Å². The molecule has 4 nitrogen and oxygen atoms in total. The van der Waals surface area contributed by atoms with Crippen molar-refractivity contribution in [1.82, 2.24) is 9.97 Å². The molecule has 1 N–H and O–H groups in total. The molecule has 2 aromatic heterocycles. The molecule has 0 saturated heterocycles. The number of anilines is 1. The summed E-state index contributed by atoms with van der Waals surface area (Å²) in [6, 6.07) is 3.34. The number of amides is 1. The highest BCUT2D eigenvalue weighted by atomic mass is 79.9. The Morgan fingerprint density at radius 2 is 2.28 bits per heavy atom. The molecule has 0 aromatic carbocycles. The van der Waals surface area contributed by atoms with Crippen LogP contribution in [0.4, 0.5) is 5.13 Å². The molecule has 0 bridgehead atoms. The smallest absolute Gasteiger partial charge is 0.257 e. The second-order valence-electron chi connectivity index (χ2n) is 4.05. The zero-order chi connectivity index (χ0) is 13.1. The van der Waals surface area contributed by atoms with E-state index in [9.17, 15) is 4.79 Å². The van der Waals surface area contributed by atoms with Gasteiger partial charge in [0.1, 0.15) is 4.60 Å². The third-order valence-electron chi connectivity index (χ3n) is 2.32. The van der Waals surface area contributed by atoms with Crippen LogP contribution in [0.25, 0.3) is 0 Å². The average Bonchev–Trinajstić information content (AvgIpc) is 2.77. The standard InChI is InChI=1S/C12H12BrN3OS/c1-7(2)9-6-18-12(15-9)16-11(17)8-3-4-14-10(13)5-8/h3-7H,1-2H3,(H,15,16,17). The van der Waals surface area contributed by atoms with E-state index in [1.807, 2.05) is 5.38 Å². The van der Waals surface area contributed by atoms with E-state index < -0.39 is 0 Å². The minimum absolute atomic E-state index is 0.178. The summed E-state index contributed by atoms with van der Waals surface area (Å²) in [6.45, 7) is 4.14. The van der Waals surface area contributed by atoms with Gasteiger partial charge < -0.3 is 0 Å². The number of thiazole rings is 1. The normalized spacial score (nSPS) is 10.7. The first kappa shape index (κ1) is 13.2. The predicted octanol–water partition coefficient (Wildman–Crippen LogP) is 3.68. The third kappa shape index (κ3) is 3.14. The molecule has 0 aliphatic rings. The third-order valence-corrected chi connectivity index (χ3v) is 3.53. The molecule has 6 heteroatoms. The van der Waals surface area contributed by atoms with E-state index in [1.165, 1.54) is 11.3 Å². The Labute approximate surface area is 118 Å². The van der Waals surface area contributed by atoms with Crippen LogP contribution in [0.3, 0.4) is 0 Å². The van der Waals surface area contributed by atoms with Crippen LogP contribution in [0.5, 0.6) is 0 Å². The van der Waals surface area contributed by atoms with Crippen molar-refractivity contribution in [2.24, 2.45) is 0 Å². The van der Waals surface area contributed by atoms with Crippen molar-refractivity contribution in [1.29, 1.82) is 0 Å². The van der Waals surface area contributed by atoms with Gasteiger partial charge >= 0.3 is 0 Å². The molecule has 18 heavy (non-hydrogen) atoms. The van der Waals surface area contributed by atoms with Crippen LogP contribution >= 0.6 is 27.3 Å². The highest BCUT2D eigenvalue weighted by Crippen LogP contribution is 2.22. The van der Waals surface area contributed by atoms with Crippen LogP contribution in [-0.4, -0.2) is 15.9 Å². The lowest BCUT2D eigenvalue weighted by atomic mass is 10.2. The minimum Gasteiger partial charge on any atom is -0.298 e. The van der Waals surface area contributed by atoms with Crippen molar-refractivity contribution in [3.8, 4) is 0 Å². The number of aromatic nitrogens is 2. The molecule has 94 valence electrons. The molecule has 0 unspecified atom stereocenters. The molecule has 0 aliphatic heterocycles. The maximum absolute atomic E-state index is 12.0. The van der Waals surface area contributed by atoms with Gasteiger partial charge in [0.05, 0.1) is 5.69 Å². The molecule has 0 saturated carbocycles. The summed E-state index contributed by atoms with van der Waals surface area (Å²) in [7, 11) is 0. The maximum atomic E-state index is 12.0. The zero-order valence-corrected chi connectivity index (χ0v) is 12.4. The Hall–Kier alpha value is -1.27. The van der Waals surface area contributed by atoms with Gasteiger partial charge in [-0.25, -0.2) is 9.97 Å². The highest BCUT2D eigenvalue weighted by Gasteiger charge is 2.10. The highest BCUT2D eigenvalue weighted by molar-refractivity contribution is 9.10. The molecule has 2 heterocycles. The van der Waals surface area contributed by atoms with E-state index in [4.69, 9.17) is 0 Å². The Morgan fingerprint density at radius 1 is 1.50 bits per heavy atom. The Kier molecular flexibility index (Phi) is 4.08. The molecule has 2 aromatic rings. The second kappa shape index (κ2) is 5.58. The van der Waals surface area contributed by atoms with Gasteiger partial charge in [0.15, 0.2) is 5.13 Å². The molecular weight excluding hydrogens is 314 g/mol. The van der Waals surface area contributed by atoms with E-state index in [1.54, 1.807) is 18.3 Å². The van der Waals surface area contributed by atoms with Crippen molar-refractivity contribution in [3.63, 3.8) is 0 Å². The Bertz CT molecular complexity index is 568. The summed E-state index contributed by atoms with van der Waals surface area (Å²) >= 11 is 4.67. The number of hydrogen-bond donors (Lipinski definition) is 1. The number of rotatable bonds is 3. The van der Waals surface area contributed by atoms with Gasteiger partial charge in [0.25, 0.3) is 5.91 Å². The summed E-state index contributed by atoms with van der Waals surface area (Å²) in [5, 5.41) is 5.36. The van der Waals surface area contributed by atoms with Gasteiger partial charge in [-0.15, -0.1) is 11.3 Å². The summed E-state index contributed by atoms with van der Waals surface area (Å²) in [5.74, 6) is 0.185. The fourth-order valence-corrected chi connectivity index (χ4v) is 2.55. The van der Waals surface area contributed by atoms with Gasteiger partial charge in [-0.3, -0.25) is 10.1 Å². The fraction of sp³-hybridized carbons (Fsp3) is 0.250. The first-order valence-electron chi connectivity index (χ1n) is 5.44. The number of carbonyl (C=O) groups excluding carboxylic acids is 1. The lowest BCUT2D eigenvalue weighted by molar-refractivity contribution is 0.102. The first-order chi connectivity index (χ1) is 8.56. The van der Waals surface area contributed by atoms with Gasteiger partial charge in [-0.2, -0.15) is 0 Å². The number of pyridine rings is 1.